The van der Waals surface area contributed by atoms with Gasteiger partial charge in [0.25, 0.3) is 0 Å². The Bertz CT molecular complexity index is 911. The van der Waals surface area contributed by atoms with E-state index in [1.54, 1.807) is 11.8 Å². The summed E-state index contributed by atoms with van der Waals surface area (Å²) in [4.78, 5) is 17.8. The molecule has 0 saturated carbocycles. The van der Waals surface area contributed by atoms with Gasteiger partial charge in [0, 0.05) is 17.7 Å². The van der Waals surface area contributed by atoms with Crippen LogP contribution in [-0.4, -0.2) is 26.3 Å². The molecule has 1 atom stereocenters. The van der Waals surface area contributed by atoms with Gasteiger partial charge in [-0.3, -0.25) is 4.79 Å². The van der Waals surface area contributed by atoms with Crippen molar-refractivity contribution in [2.45, 2.75) is 58.2 Å². The van der Waals surface area contributed by atoms with Gasteiger partial charge < -0.3 is 5.32 Å². The topological polar surface area (TPSA) is 59.8 Å². The Morgan fingerprint density at radius 2 is 1.96 bits per heavy atom. The molecule has 27 heavy (non-hydrogen) atoms. The Hall–Kier alpha value is -2.08. The number of fused-ring (bicyclic) bond motifs is 1. The maximum absolute atomic E-state index is 13.1. The second kappa shape index (κ2) is 6.82. The first-order valence-corrected chi connectivity index (χ1v) is 10.6. The third-order valence-electron chi connectivity index (χ3n) is 5.29. The van der Waals surface area contributed by atoms with E-state index in [-0.39, 0.29) is 17.2 Å². The van der Waals surface area contributed by atoms with Crippen LogP contribution >= 0.6 is 11.8 Å². The first-order valence-electron chi connectivity index (χ1n) is 9.63. The molecule has 0 bridgehead atoms. The molecule has 0 amide bonds. The van der Waals surface area contributed by atoms with E-state index in [2.05, 4.69) is 62.3 Å². The van der Waals surface area contributed by atoms with Gasteiger partial charge >= 0.3 is 0 Å². The quantitative estimate of drug-likeness (QED) is 0.783. The van der Waals surface area contributed by atoms with Gasteiger partial charge in [-0.25, -0.2) is 4.68 Å². The Kier molecular flexibility index (Phi) is 4.62. The summed E-state index contributed by atoms with van der Waals surface area (Å²) in [5.74, 6) is 1.86. The fraction of sp³-hybridized carbons (Fsp3) is 0.476. The highest BCUT2D eigenvalue weighted by Gasteiger charge is 2.41. The van der Waals surface area contributed by atoms with Gasteiger partial charge in [0.05, 0.1) is 0 Å². The van der Waals surface area contributed by atoms with Crippen molar-refractivity contribution in [3.05, 3.63) is 46.7 Å². The summed E-state index contributed by atoms with van der Waals surface area (Å²) in [7, 11) is 0. The number of carbonyl (C=O) groups is 1. The van der Waals surface area contributed by atoms with Crippen LogP contribution in [0.25, 0.3) is 0 Å². The molecular formula is C21H26N4OS. The zero-order valence-electron chi connectivity index (χ0n) is 16.4. The van der Waals surface area contributed by atoms with Crippen molar-refractivity contribution in [1.29, 1.82) is 0 Å². The highest BCUT2D eigenvalue weighted by molar-refractivity contribution is 7.99. The van der Waals surface area contributed by atoms with Crippen LogP contribution in [0.2, 0.25) is 0 Å². The first-order chi connectivity index (χ1) is 12.9. The third kappa shape index (κ3) is 3.31. The lowest BCUT2D eigenvalue weighted by molar-refractivity contribution is -0.118. The van der Waals surface area contributed by atoms with Crippen molar-refractivity contribution >= 4 is 23.5 Å². The summed E-state index contributed by atoms with van der Waals surface area (Å²) in [6.45, 7) is 8.54. The molecule has 1 N–H and O–H groups in total. The number of thioether (sulfide) groups is 1. The van der Waals surface area contributed by atoms with Gasteiger partial charge in [-0.2, -0.15) is 4.98 Å². The molecule has 1 aromatic heterocycles. The number of allylic oxidation sites excluding steroid dienone is 2. The molecule has 2 aliphatic rings. The number of aryl methyl sites for hydroxylation is 1. The monoisotopic (exact) mass is 382 g/mol. The molecular weight excluding hydrogens is 356 g/mol. The molecule has 5 nitrogen and oxygen atoms in total. The van der Waals surface area contributed by atoms with Crippen molar-refractivity contribution in [2.24, 2.45) is 5.41 Å². The highest BCUT2D eigenvalue weighted by Crippen LogP contribution is 2.45. The van der Waals surface area contributed by atoms with Gasteiger partial charge in [-0.15, -0.1) is 5.10 Å². The number of anilines is 1. The molecule has 2 aromatic rings. The summed E-state index contributed by atoms with van der Waals surface area (Å²) in [6.07, 6.45) is 2.41. The van der Waals surface area contributed by atoms with Gasteiger partial charge in [0.2, 0.25) is 11.1 Å². The van der Waals surface area contributed by atoms with Crippen molar-refractivity contribution in [1.82, 2.24) is 14.8 Å². The van der Waals surface area contributed by atoms with E-state index >= 15 is 0 Å². The van der Waals surface area contributed by atoms with Crippen LogP contribution in [0.4, 0.5) is 5.95 Å². The molecule has 2 heterocycles. The van der Waals surface area contributed by atoms with Crippen LogP contribution in [0.1, 0.15) is 57.7 Å². The van der Waals surface area contributed by atoms with E-state index in [9.17, 15) is 4.79 Å². The molecule has 6 heteroatoms. The van der Waals surface area contributed by atoms with E-state index in [4.69, 9.17) is 5.10 Å². The molecule has 0 fully saturated rings. The van der Waals surface area contributed by atoms with Crippen molar-refractivity contribution in [3.8, 4) is 0 Å². The number of benzene rings is 1. The lowest BCUT2D eigenvalue weighted by atomic mass is 9.73. The molecule has 1 aromatic carbocycles. The Labute approximate surface area is 164 Å². The number of Topliss-reactive ketones (excluding diaryl/α,β-unsaturated/α-hetero) is 1. The smallest absolute Gasteiger partial charge is 0.227 e. The lowest BCUT2D eigenvalue weighted by Gasteiger charge is -2.38. The molecule has 4 rings (SSSR count). The van der Waals surface area contributed by atoms with Crippen molar-refractivity contribution in [3.63, 3.8) is 0 Å². The summed E-state index contributed by atoms with van der Waals surface area (Å²) >= 11 is 1.62. The molecule has 0 spiro atoms. The summed E-state index contributed by atoms with van der Waals surface area (Å²) in [6, 6.07) is 8.35. The molecule has 0 radical (unpaired) electrons. The maximum Gasteiger partial charge on any atom is 0.227 e. The Morgan fingerprint density at radius 3 is 2.63 bits per heavy atom. The third-order valence-corrected chi connectivity index (χ3v) is 6.01. The average Bonchev–Trinajstić information content (AvgIpc) is 3.01. The number of aromatic nitrogens is 3. The van der Waals surface area contributed by atoms with Crippen LogP contribution in [0.5, 0.6) is 0 Å². The summed E-state index contributed by atoms with van der Waals surface area (Å²) < 4.78 is 1.90. The van der Waals surface area contributed by atoms with Crippen molar-refractivity contribution in [2.75, 3.05) is 11.1 Å². The minimum Gasteiger partial charge on any atom is -0.328 e. The number of ketones is 1. The summed E-state index contributed by atoms with van der Waals surface area (Å²) in [5.41, 5.74) is 4.20. The minimum atomic E-state index is -0.204. The van der Waals surface area contributed by atoms with Crippen LogP contribution in [0, 0.1) is 5.41 Å². The minimum absolute atomic E-state index is 0.0390. The number of hydrogen-bond acceptors (Lipinski definition) is 5. The zero-order chi connectivity index (χ0) is 19.2. The molecule has 142 valence electrons. The SMILES string of the molecule is CCSc1nc2n(n1)[C@H](c1ccc(CC)cc1)C1=C(CC(C)(C)CC1=O)N2. The Morgan fingerprint density at radius 1 is 1.22 bits per heavy atom. The number of carbonyl (C=O) groups excluding carboxylic acids is 1. The van der Waals surface area contributed by atoms with Crippen LogP contribution in [-0.2, 0) is 11.2 Å². The average molecular weight is 383 g/mol. The van der Waals surface area contributed by atoms with E-state index in [1.807, 2.05) is 4.68 Å². The number of rotatable bonds is 4. The van der Waals surface area contributed by atoms with Crippen LogP contribution < -0.4 is 5.32 Å². The van der Waals surface area contributed by atoms with Crippen LogP contribution in [0.3, 0.4) is 0 Å². The normalized spacial score (nSPS) is 20.9. The van der Waals surface area contributed by atoms with Gasteiger partial charge in [-0.1, -0.05) is 63.7 Å². The summed E-state index contributed by atoms with van der Waals surface area (Å²) in [5, 5.41) is 8.89. The van der Waals surface area contributed by atoms with E-state index in [1.165, 1.54) is 5.56 Å². The maximum atomic E-state index is 13.1. The standard InChI is InChI=1S/C21H26N4OS/c1-5-13-7-9-14(10-8-13)18-17-15(11-21(3,4)12-16(17)26)22-19-23-20(27-6-2)24-25(18)19/h7-10,18H,5-6,11-12H2,1-4H3,(H,22,23,24)/t18-/m1/s1. The highest BCUT2D eigenvalue weighted by atomic mass is 32.2. The molecule has 1 aliphatic carbocycles. The van der Waals surface area contributed by atoms with Crippen LogP contribution in [0.15, 0.2) is 40.7 Å². The number of hydrogen-bond donors (Lipinski definition) is 1. The van der Waals surface area contributed by atoms with E-state index in [0.717, 1.165) is 46.5 Å². The lowest BCUT2D eigenvalue weighted by Crippen LogP contribution is -2.36. The molecule has 0 unspecified atom stereocenters. The second-order valence-electron chi connectivity index (χ2n) is 8.05. The predicted octanol–water partition coefficient (Wildman–Crippen LogP) is 4.61. The van der Waals surface area contributed by atoms with Gasteiger partial charge in [-0.05, 0) is 35.1 Å². The second-order valence-corrected chi connectivity index (χ2v) is 9.28. The number of nitrogens with one attached hydrogen (secondary N) is 1. The van der Waals surface area contributed by atoms with E-state index in [0.29, 0.717) is 6.42 Å². The fourth-order valence-electron chi connectivity index (χ4n) is 4.02. The van der Waals surface area contributed by atoms with Gasteiger partial charge in [0.15, 0.2) is 5.78 Å². The molecule has 0 saturated heterocycles. The van der Waals surface area contributed by atoms with Crippen molar-refractivity contribution < 1.29 is 4.79 Å². The largest absolute Gasteiger partial charge is 0.328 e. The molecule has 1 aliphatic heterocycles. The van der Waals surface area contributed by atoms with E-state index < -0.39 is 0 Å². The predicted molar refractivity (Wildman–Crippen MR) is 109 cm³/mol. The fourth-order valence-corrected chi connectivity index (χ4v) is 4.58. The van der Waals surface area contributed by atoms with Gasteiger partial charge in [0.1, 0.15) is 6.04 Å². The Balaban J connectivity index is 1.85. The first kappa shape index (κ1) is 18.3. The number of nitrogens with zero attached hydrogens (tertiary/aromatic N) is 3. The zero-order valence-corrected chi connectivity index (χ0v) is 17.2.